The van der Waals surface area contributed by atoms with Gasteiger partial charge in [0.1, 0.15) is 5.69 Å². The Bertz CT molecular complexity index is 333. The molecule has 0 aliphatic heterocycles. The first kappa shape index (κ1) is 12.0. The minimum atomic E-state index is -2.66. The van der Waals surface area contributed by atoms with Gasteiger partial charge in [-0.1, -0.05) is 15.9 Å². The molecule has 0 bridgehead atoms. The highest BCUT2D eigenvalue weighted by atomic mass is 79.9. The smallest absolute Gasteiger partial charge is 0.280 e. The number of pyridine rings is 1. The second kappa shape index (κ2) is 5.14. The van der Waals surface area contributed by atoms with Crippen molar-refractivity contribution in [3.63, 3.8) is 0 Å². The Balaban J connectivity index is 3.25. The van der Waals surface area contributed by atoms with Gasteiger partial charge >= 0.3 is 0 Å². The predicted molar refractivity (Wildman–Crippen MR) is 55.4 cm³/mol. The summed E-state index contributed by atoms with van der Waals surface area (Å²) in [6.45, 7) is -0.437. The fourth-order valence-electron chi connectivity index (χ4n) is 0.990. The number of halogens is 4. The molecule has 0 saturated heterocycles. The van der Waals surface area contributed by atoms with Gasteiger partial charge in [-0.05, 0) is 22.0 Å². The van der Waals surface area contributed by atoms with Crippen molar-refractivity contribution in [1.82, 2.24) is 4.98 Å². The maximum Gasteiger partial charge on any atom is 0.280 e. The molecule has 1 aromatic heterocycles. The van der Waals surface area contributed by atoms with Crippen LogP contribution in [-0.4, -0.2) is 10.1 Å². The summed E-state index contributed by atoms with van der Waals surface area (Å²) < 4.78 is 25.5. The molecular formula is C8H7Br2F2NO. The number of nitrogens with zero attached hydrogens (tertiary/aromatic N) is 1. The molecule has 1 heterocycles. The van der Waals surface area contributed by atoms with E-state index in [1.165, 1.54) is 6.07 Å². The van der Waals surface area contributed by atoms with Gasteiger partial charge in [-0.25, -0.2) is 13.8 Å². The van der Waals surface area contributed by atoms with E-state index in [2.05, 4.69) is 36.8 Å². The van der Waals surface area contributed by atoms with Crippen molar-refractivity contribution in [2.45, 2.75) is 18.4 Å². The van der Waals surface area contributed by atoms with Crippen LogP contribution < -0.4 is 0 Å². The second-order valence-corrected chi connectivity index (χ2v) is 3.97. The van der Waals surface area contributed by atoms with Gasteiger partial charge in [0.15, 0.2) is 0 Å². The monoisotopic (exact) mass is 329 g/mol. The lowest BCUT2D eigenvalue weighted by atomic mass is 10.2. The lowest BCUT2D eigenvalue weighted by Gasteiger charge is -2.08. The van der Waals surface area contributed by atoms with E-state index in [1.54, 1.807) is 0 Å². The summed E-state index contributed by atoms with van der Waals surface area (Å²) in [6.07, 6.45) is -2.66. The van der Waals surface area contributed by atoms with Crippen LogP contribution in [-0.2, 0) is 11.9 Å². The third kappa shape index (κ3) is 2.49. The molecule has 0 saturated carbocycles. The molecule has 6 heteroatoms. The Labute approximate surface area is 96.6 Å². The van der Waals surface area contributed by atoms with Crippen LogP contribution in [0.4, 0.5) is 8.78 Å². The first-order valence-electron chi connectivity index (χ1n) is 3.73. The lowest BCUT2D eigenvalue weighted by molar-refractivity contribution is 0.141. The number of aliphatic hydroxyl groups excluding tert-OH is 1. The Hall–Kier alpha value is -0.0700. The van der Waals surface area contributed by atoms with Crippen LogP contribution in [0.1, 0.15) is 23.4 Å². The molecule has 1 N–H and O–H groups in total. The van der Waals surface area contributed by atoms with E-state index in [9.17, 15) is 8.78 Å². The standard InChI is InChI=1S/C8H7Br2F2NO/c9-2-6-5(10)1-4(3-14)7(13-6)8(11)12/h1,8,14H,2-3H2. The minimum absolute atomic E-state index is 0.150. The molecular weight excluding hydrogens is 324 g/mol. The molecule has 1 aromatic rings. The van der Waals surface area contributed by atoms with Gasteiger partial charge in [-0.3, -0.25) is 0 Å². The van der Waals surface area contributed by atoms with Crippen LogP contribution in [0.2, 0.25) is 0 Å². The fourth-order valence-corrected chi connectivity index (χ4v) is 2.30. The second-order valence-electron chi connectivity index (χ2n) is 2.55. The van der Waals surface area contributed by atoms with Crippen molar-refractivity contribution in [3.8, 4) is 0 Å². The van der Waals surface area contributed by atoms with E-state index in [-0.39, 0.29) is 11.3 Å². The predicted octanol–water partition coefficient (Wildman–Crippen LogP) is 3.17. The van der Waals surface area contributed by atoms with Gasteiger partial charge in [0.25, 0.3) is 6.43 Å². The summed E-state index contributed by atoms with van der Waals surface area (Å²) in [5, 5.41) is 9.24. The minimum Gasteiger partial charge on any atom is -0.392 e. The molecule has 14 heavy (non-hydrogen) atoms. The van der Waals surface area contributed by atoms with E-state index in [0.717, 1.165) is 0 Å². The fraction of sp³-hybridized carbons (Fsp3) is 0.375. The van der Waals surface area contributed by atoms with Crippen molar-refractivity contribution < 1.29 is 13.9 Å². The van der Waals surface area contributed by atoms with E-state index >= 15 is 0 Å². The average Bonchev–Trinajstić information content (AvgIpc) is 2.16. The highest BCUT2D eigenvalue weighted by molar-refractivity contribution is 9.10. The van der Waals surface area contributed by atoms with Crippen LogP contribution in [0, 0.1) is 0 Å². The number of rotatable bonds is 3. The number of aliphatic hydroxyl groups is 1. The average molecular weight is 331 g/mol. The molecule has 1 rings (SSSR count). The third-order valence-electron chi connectivity index (χ3n) is 1.66. The molecule has 0 aliphatic carbocycles. The zero-order valence-electron chi connectivity index (χ0n) is 6.98. The summed E-state index contributed by atoms with van der Waals surface area (Å²) in [5.41, 5.74) is 0.291. The van der Waals surface area contributed by atoms with E-state index < -0.39 is 13.0 Å². The van der Waals surface area contributed by atoms with Gasteiger partial charge in [-0.15, -0.1) is 0 Å². The van der Waals surface area contributed by atoms with Gasteiger partial charge in [-0.2, -0.15) is 0 Å². The van der Waals surface area contributed by atoms with E-state index in [1.807, 2.05) is 0 Å². The Kier molecular flexibility index (Phi) is 4.40. The molecule has 0 aromatic carbocycles. The first-order valence-corrected chi connectivity index (χ1v) is 5.64. The Morgan fingerprint density at radius 1 is 1.50 bits per heavy atom. The molecule has 0 aliphatic rings. The normalized spacial score (nSPS) is 11.0. The molecule has 0 unspecified atom stereocenters. The van der Waals surface area contributed by atoms with Crippen molar-refractivity contribution in [1.29, 1.82) is 0 Å². The topological polar surface area (TPSA) is 33.1 Å². The van der Waals surface area contributed by atoms with Crippen LogP contribution in [0.15, 0.2) is 10.5 Å². The Morgan fingerprint density at radius 2 is 2.14 bits per heavy atom. The first-order chi connectivity index (χ1) is 6.60. The quantitative estimate of drug-likeness (QED) is 0.863. The van der Waals surface area contributed by atoms with Gasteiger partial charge in [0.2, 0.25) is 0 Å². The zero-order chi connectivity index (χ0) is 10.7. The summed E-state index contributed by atoms with van der Waals surface area (Å²) in [4.78, 5) is 3.76. The summed E-state index contributed by atoms with van der Waals surface area (Å²) in [6, 6.07) is 1.46. The summed E-state index contributed by atoms with van der Waals surface area (Å²) in [5.74, 6) is 0. The molecule has 78 valence electrons. The molecule has 0 fully saturated rings. The van der Waals surface area contributed by atoms with Gasteiger partial charge in [0.05, 0.1) is 12.3 Å². The number of hydrogen-bond donors (Lipinski definition) is 1. The van der Waals surface area contributed by atoms with E-state index in [0.29, 0.717) is 15.5 Å². The molecule has 0 amide bonds. The molecule has 0 radical (unpaired) electrons. The van der Waals surface area contributed by atoms with Crippen molar-refractivity contribution in [2.75, 3.05) is 0 Å². The zero-order valence-corrected chi connectivity index (χ0v) is 10.1. The molecule has 0 atom stereocenters. The van der Waals surface area contributed by atoms with Crippen LogP contribution >= 0.6 is 31.9 Å². The Morgan fingerprint density at radius 3 is 2.57 bits per heavy atom. The van der Waals surface area contributed by atoms with Gasteiger partial charge < -0.3 is 5.11 Å². The van der Waals surface area contributed by atoms with Crippen molar-refractivity contribution >= 4 is 31.9 Å². The van der Waals surface area contributed by atoms with Crippen molar-refractivity contribution in [3.05, 3.63) is 27.5 Å². The van der Waals surface area contributed by atoms with Crippen LogP contribution in [0.25, 0.3) is 0 Å². The molecule has 2 nitrogen and oxygen atoms in total. The maximum absolute atomic E-state index is 12.5. The highest BCUT2D eigenvalue weighted by Gasteiger charge is 2.16. The number of hydrogen-bond acceptors (Lipinski definition) is 2. The van der Waals surface area contributed by atoms with E-state index in [4.69, 9.17) is 5.11 Å². The SMILES string of the molecule is OCc1cc(Br)c(CBr)nc1C(F)F. The summed E-state index contributed by atoms with van der Waals surface area (Å²) in [7, 11) is 0. The maximum atomic E-state index is 12.5. The van der Waals surface area contributed by atoms with Crippen LogP contribution in [0.5, 0.6) is 0 Å². The number of aromatic nitrogens is 1. The summed E-state index contributed by atoms with van der Waals surface area (Å²) >= 11 is 6.32. The lowest BCUT2D eigenvalue weighted by Crippen LogP contribution is -2.02. The van der Waals surface area contributed by atoms with Crippen molar-refractivity contribution in [2.24, 2.45) is 0 Å². The largest absolute Gasteiger partial charge is 0.392 e. The molecule has 0 spiro atoms. The third-order valence-corrected chi connectivity index (χ3v) is 2.88. The van der Waals surface area contributed by atoms with Crippen LogP contribution in [0.3, 0.4) is 0 Å². The van der Waals surface area contributed by atoms with Gasteiger partial charge in [0, 0.05) is 15.4 Å². The highest BCUT2D eigenvalue weighted by Crippen LogP contribution is 2.27. The number of alkyl halides is 3.